The van der Waals surface area contributed by atoms with Gasteiger partial charge in [0, 0.05) is 39.3 Å². The van der Waals surface area contributed by atoms with Crippen molar-refractivity contribution in [2.24, 2.45) is 4.99 Å². The van der Waals surface area contributed by atoms with Gasteiger partial charge in [-0.3, -0.25) is 4.99 Å². The summed E-state index contributed by atoms with van der Waals surface area (Å²) in [7, 11) is 1.86. The minimum Gasteiger partial charge on any atom is -0.351 e. The first-order valence-electron chi connectivity index (χ1n) is 8.91. The predicted molar refractivity (Wildman–Crippen MR) is 111 cm³/mol. The Balaban J connectivity index is 0.00000182. The van der Waals surface area contributed by atoms with E-state index in [0.29, 0.717) is 0 Å². The zero-order valence-corrected chi connectivity index (χ0v) is 17.1. The van der Waals surface area contributed by atoms with Gasteiger partial charge in [-0.25, -0.2) is 4.98 Å². The van der Waals surface area contributed by atoms with E-state index in [1.54, 1.807) is 0 Å². The second kappa shape index (κ2) is 8.21. The highest BCUT2D eigenvalue weighted by molar-refractivity contribution is 14.0. The normalized spacial score (nSPS) is 16.7. The van der Waals surface area contributed by atoms with E-state index in [1.807, 2.05) is 7.05 Å². The molecule has 4 rings (SSSR count). The van der Waals surface area contributed by atoms with E-state index in [-0.39, 0.29) is 24.0 Å². The molecular formula is C19H26IN5. The van der Waals surface area contributed by atoms with Crippen molar-refractivity contribution in [1.82, 2.24) is 19.8 Å². The molecular weight excluding hydrogens is 425 g/mol. The van der Waals surface area contributed by atoms with E-state index < -0.39 is 0 Å². The van der Waals surface area contributed by atoms with Crippen LogP contribution in [0.25, 0.3) is 0 Å². The van der Waals surface area contributed by atoms with Crippen LogP contribution in [0.5, 0.6) is 0 Å². The Kier molecular flexibility index (Phi) is 5.98. The number of imidazole rings is 1. The highest BCUT2D eigenvalue weighted by atomic mass is 127. The number of aromatic nitrogens is 2. The summed E-state index contributed by atoms with van der Waals surface area (Å²) >= 11 is 0. The average Bonchev–Trinajstić information content (AvgIpc) is 3.05. The molecule has 6 heteroatoms. The molecule has 3 heterocycles. The fourth-order valence-electron chi connectivity index (χ4n) is 3.74. The van der Waals surface area contributed by atoms with E-state index in [1.165, 1.54) is 29.8 Å². The first kappa shape index (κ1) is 18.2. The zero-order chi connectivity index (χ0) is 16.4. The largest absolute Gasteiger partial charge is 0.351 e. The molecule has 1 aromatic heterocycles. The molecule has 0 unspecified atom stereocenters. The number of aliphatic imine (C=N–C) groups is 1. The average molecular weight is 451 g/mol. The number of nitrogens with one attached hydrogen (secondary N) is 1. The third-order valence-electron chi connectivity index (χ3n) is 5.03. The fourth-order valence-corrected chi connectivity index (χ4v) is 3.74. The molecule has 0 aliphatic carbocycles. The lowest BCUT2D eigenvalue weighted by atomic mass is 10.0. The third kappa shape index (κ3) is 3.99. The maximum absolute atomic E-state index is 4.77. The Morgan fingerprint density at radius 1 is 1.16 bits per heavy atom. The molecule has 0 bridgehead atoms. The van der Waals surface area contributed by atoms with Gasteiger partial charge in [-0.15, -0.1) is 24.0 Å². The minimum atomic E-state index is 0. The number of benzene rings is 1. The van der Waals surface area contributed by atoms with Crippen molar-refractivity contribution in [3.05, 3.63) is 53.1 Å². The molecule has 5 nitrogen and oxygen atoms in total. The fraction of sp³-hybridized carbons (Fsp3) is 0.474. The van der Waals surface area contributed by atoms with Gasteiger partial charge in [-0.05, 0) is 30.4 Å². The number of hydrogen-bond acceptors (Lipinski definition) is 2. The quantitative estimate of drug-likeness (QED) is 0.434. The number of guanidine groups is 1. The molecule has 0 amide bonds. The Hall–Kier alpha value is -1.57. The number of nitrogens with zero attached hydrogens (tertiary/aromatic N) is 4. The summed E-state index contributed by atoms with van der Waals surface area (Å²) < 4.78 is 2.31. The molecule has 134 valence electrons. The summed E-state index contributed by atoms with van der Waals surface area (Å²) in [6.07, 6.45) is 6.91. The third-order valence-corrected chi connectivity index (χ3v) is 5.03. The SMILES string of the molecule is CN=C(NCc1cn2c(n1)CCCC2)N1CCc2ccccc2C1.I. The van der Waals surface area contributed by atoms with Gasteiger partial charge in [0.05, 0.1) is 12.2 Å². The summed E-state index contributed by atoms with van der Waals surface area (Å²) in [6.45, 7) is 3.79. The number of rotatable bonds is 2. The predicted octanol–water partition coefficient (Wildman–Crippen LogP) is 2.97. The van der Waals surface area contributed by atoms with E-state index in [2.05, 4.69) is 50.2 Å². The molecule has 2 aliphatic rings. The standard InChI is InChI=1S/C19H25N5.HI/c1-20-19(24-11-9-15-6-2-3-7-16(15)13-24)21-12-17-14-23-10-5-4-8-18(23)22-17;/h2-3,6-7,14H,4-5,8-13H2,1H3,(H,20,21);1H. The van der Waals surface area contributed by atoms with E-state index >= 15 is 0 Å². The molecule has 2 aromatic rings. The molecule has 0 spiro atoms. The molecule has 0 fully saturated rings. The van der Waals surface area contributed by atoms with Crippen LogP contribution < -0.4 is 5.32 Å². The van der Waals surface area contributed by atoms with E-state index in [9.17, 15) is 0 Å². The number of hydrogen-bond donors (Lipinski definition) is 1. The Labute approximate surface area is 166 Å². The van der Waals surface area contributed by atoms with Crippen molar-refractivity contribution < 1.29 is 0 Å². The number of halogens is 1. The van der Waals surface area contributed by atoms with Crippen molar-refractivity contribution >= 4 is 29.9 Å². The highest BCUT2D eigenvalue weighted by Gasteiger charge is 2.19. The molecule has 0 radical (unpaired) electrons. The van der Waals surface area contributed by atoms with Crippen molar-refractivity contribution in [1.29, 1.82) is 0 Å². The van der Waals surface area contributed by atoms with Crippen LogP contribution >= 0.6 is 24.0 Å². The van der Waals surface area contributed by atoms with Gasteiger partial charge in [0.2, 0.25) is 0 Å². The second-order valence-electron chi connectivity index (χ2n) is 6.64. The molecule has 0 saturated heterocycles. The monoisotopic (exact) mass is 451 g/mol. The molecule has 0 atom stereocenters. The minimum absolute atomic E-state index is 0. The molecule has 1 aromatic carbocycles. The first-order chi connectivity index (χ1) is 11.8. The number of fused-ring (bicyclic) bond motifs is 2. The topological polar surface area (TPSA) is 45.5 Å². The Morgan fingerprint density at radius 2 is 2.00 bits per heavy atom. The zero-order valence-electron chi connectivity index (χ0n) is 14.7. The summed E-state index contributed by atoms with van der Waals surface area (Å²) in [6, 6.07) is 8.70. The van der Waals surface area contributed by atoms with Gasteiger partial charge in [0.25, 0.3) is 0 Å². The van der Waals surface area contributed by atoms with Crippen LogP contribution in [0, 0.1) is 0 Å². The van der Waals surface area contributed by atoms with Crippen molar-refractivity contribution in [2.45, 2.75) is 45.3 Å². The van der Waals surface area contributed by atoms with Crippen LogP contribution in [0.15, 0.2) is 35.5 Å². The van der Waals surface area contributed by atoms with Crippen LogP contribution in [-0.4, -0.2) is 34.0 Å². The van der Waals surface area contributed by atoms with Crippen LogP contribution in [0.3, 0.4) is 0 Å². The van der Waals surface area contributed by atoms with Crippen LogP contribution in [-0.2, 0) is 32.5 Å². The summed E-state index contributed by atoms with van der Waals surface area (Å²) in [5, 5.41) is 3.50. The maximum Gasteiger partial charge on any atom is 0.194 e. The number of aryl methyl sites for hydroxylation is 2. The Bertz CT molecular complexity index is 729. The van der Waals surface area contributed by atoms with Crippen LogP contribution in [0.4, 0.5) is 0 Å². The van der Waals surface area contributed by atoms with Gasteiger partial charge in [0.1, 0.15) is 5.82 Å². The van der Waals surface area contributed by atoms with E-state index in [4.69, 9.17) is 4.98 Å². The maximum atomic E-state index is 4.77. The van der Waals surface area contributed by atoms with Crippen LogP contribution in [0.1, 0.15) is 35.5 Å². The lowest BCUT2D eigenvalue weighted by Crippen LogP contribution is -2.43. The summed E-state index contributed by atoms with van der Waals surface area (Å²) in [5.41, 5.74) is 3.99. The molecule has 2 aliphatic heterocycles. The molecule has 1 N–H and O–H groups in total. The first-order valence-corrected chi connectivity index (χ1v) is 8.91. The molecule has 0 saturated carbocycles. The van der Waals surface area contributed by atoms with E-state index in [0.717, 1.165) is 50.7 Å². The van der Waals surface area contributed by atoms with Crippen LogP contribution in [0.2, 0.25) is 0 Å². The Morgan fingerprint density at radius 3 is 2.80 bits per heavy atom. The molecule has 25 heavy (non-hydrogen) atoms. The highest BCUT2D eigenvalue weighted by Crippen LogP contribution is 2.19. The lowest BCUT2D eigenvalue weighted by Gasteiger charge is -2.31. The smallest absolute Gasteiger partial charge is 0.194 e. The van der Waals surface area contributed by atoms with Gasteiger partial charge in [-0.1, -0.05) is 24.3 Å². The van der Waals surface area contributed by atoms with Crippen molar-refractivity contribution in [2.75, 3.05) is 13.6 Å². The van der Waals surface area contributed by atoms with Gasteiger partial charge in [0.15, 0.2) is 5.96 Å². The summed E-state index contributed by atoms with van der Waals surface area (Å²) in [4.78, 5) is 11.6. The van der Waals surface area contributed by atoms with Gasteiger partial charge >= 0.3 is 0 Å². The lowest BCUT2D eigenvalue weighted by molar-refractivity contribution is 0.378. The van der Waals surface area contributed by atoms with Gasteiger partial charge < -0.3 is 14.8 Å². The van der Waals surface area contributed by atoms with Crippen molar-refractivity contribution in [3.8, 4) is 0 Å². The second-order valence-corrected chi connectivity index (χ2v) is 6.64. The van der Waals surface area contributed by atoms with Crippen molar-refractivity contribution in [3.63, 3.8) is 0 Å². The summed E-state index contributed by atoms with van der Waals surface area (Å²) in [5.74, 6) is 2.20. The van der Waals surface area contributed by atoms with Gasteiger partial charge in [-0.2, -0.15) is 0 Å².